The zero-order valence-electron chi connectivity index (χ0n) is 14.4. The molecule has 0 spiro atoms. The van der Waals surface area contributed by atoms with Crippen molar-refractivity contribution in [2.75, 3.05) is 20.3 Å². The van der Waals surface area contributed by atoms with E-state index in [1.165, 1.54) is 15.0 Å². The second-order valence-electron chi connectivity index (χ2n) is 5.63. The summed E-state index contributed by atoms with van der Waals surface area (Å²) in [6.07, 6.45) is 3.17. The maximum absolute atomic E-state index is 12.9. The van der Waals surface area contributed by atoms with E-state index in [1.54, 1.807) is 37.6 Å². The average Bonchev–Trinajstić information content (AvgIpc) is 2.65. The Bertz CT molecular complexity index is 1110. The number of aromatic nitrogens is 3. The Hall–Kier alpha value is -3.26. The van der Waals surface area contributed by atoms with Crippen LogP contribution in [-0.4, -0.2) is 40.1 Å². The molecule has 8 nitrogen and oxygen atoms in total. The van der Waals surface area contributed by atoms with E-state index in [0.717, 1.165) is 0 Å². The third-order valence-corrected chi connectivity index (χ3v) is 3.99. The van der Waals surface area contributed by atoms with Crippen molar-refractivity contribution in [2.45, 2.75) is 6.54 Å². The number of carbonyl (C=O) groups excluding carboxylic acids is 1. The second-order valence-corrected chi connectivity index (χ2v) is 5.63. The lowest BCUT2D eigenvalue weighted by molar-refractivity contribution is 0.0955. The first-order valence-electron chi connectivity index (χ1n) is 8.06. The van der Waals surface area contributed by atoms with Crippen LogP contribution in [0.3, 0.4) is 0 Å². The van der Waals surface area contributed by atoms with Gasteiger partial charge in [0.1, 0.15) is 16.8 Å². The molecular weight excluding hydrogens is 334 g/mol. The highest BCUT2D eigenvalue weighted by atomic mass is 16.5. The van der Waals surface area contributed by atoms with Gasteiger partial charge >= 0.3 is 0 Å². The summed E-state index contributed by atoms with van der Waals surface area (Å²) in [6, 6.07) is 6.66. The van der Waals surface area contributed by atoms with Gasteiger partial charge < -0.3 is 14.6 Å². The van der Waals surface area contributed by atoms with Gasteiger partial charge in [-0.05, 0) is 18.2 Å². The average molecular weight is 353 g/mol. The van der Waals surface area contributed by atoms with Gasteiger partial charge in [-0.2, -0.15) is 0 Å². The molecule has 0 atom stereocenters. The fourth-order valence-electron chi connectivity index (χ4n) is 2.72. The van der Waals surface area contributed by atoms with Gasteiger partial charge in [0.15, 0.2) is 0 Å². The van der Waals surface area contributed by atoms with Gasteiger partial charge in [-0.15, -0.1) is 6.58 Å². The molecule has 0 aliphatic heterocycles. The lowest BCUT2D eigenvalue weighted by Crippen LogP contribution is -2.35. The molecule has 26 heavy (non-hydrogen) atoms. The van der Waals surface area contributed by atoms with Gasteiger partial charge in [-0.25, -0.2) is 4.98 Å². The molecule has 8 heteroatoms. The minimum Gasteiger partial charge on any atom is -0.383 e. The fraction of sp³-hybridized carbons (Fsp3) is 0.222. The van der Waals surface area contributed by atoms with Crippen molar-refractivity contribution in [1.29, 1.82) is 5.41 Å². The van der Waals surface area contributed by atoms with Crippen LogP contribution in [0.4, 0.5) is 0 Å². The minimum atomic E-state index is -0.444. The van der Waals surface area contributed by atoms with Crippen LogP contribution in [-0.2, 0) is 11.3 Å². The highest BCUT2D eigenvalue weighted by Gasteiger charge is 2.17. The number of rotatable bonds is 6. The van der Waals surface area contributed by atoms with Crippen molar-refractivity contribution in [3.63, 3.8) is 0 Å². The van der Waals surface area contributed by atoms with E-state index < -0.39 is 5.91 Å². The molecule has 0 aromatic carbocycles. The van der Waals surface area contributed by atoms with E-state index in [0.29, 0.717) is 24.4 Å². The topological polar surface area (TPSA) is 101 Å². The van der Waals surface area contributed by atoms with Crippen molar-refractivity contribution in [3.8, 4) is 0 Å². The summed E-state index contributed by atoms with van der Waals surface area (Å²) in [5, 5.41) is 11.3. The highest BCUT2D eigenvalue weighted by molar-refractivity contribution is 5.96. The van der Waals surface area contributed by atoms with Gasteiger partial charge in [0.25, 0.3) is 11.5 Å². The van der Waals surface area contributed by atoms with Crippen molar-refractivity contribution < 1.29 is 9.53 Å². The van der Waals surface area contributed by atoms with E-state index in [9.17, 15) is 9.59 Å². The highest BCUT2D eigenvalue weighted by Crippen LogP contribution is 2.10. The predicted molar refractivity (Wildman–Crippen MR) is 97.2 cm³/mol. The summed E-state index contributed by atoms with van der Waals surface area (Å²) in [5.74, 6) is -0.444. The predicted octanol–water partition coefficient (Wildman–Crippen LogP) is 0.691. The molecule has 3 heterocycles. The molecule has 3 rings (SSSR count). The maximum Gasteiger partial charge on any atom is 0.267 e. The number of pyridine rings is 2. The summed E-state index contributed by atoms with van der Waals surface area (Å²) in [4.78, 5) is 29.8. The molecule has 2 N–H and O–H groups in total. The van der Waals surface area contributed by atoms with Gasteiger partial charge in [0, 0.05) is 26.4 Å². The van der Waals surface area contributed by atoms with Crippen molar-refractivity contribution in [3.05, 3.63) is 64.5 Å². The maximum atomic E-state index is 12.9. The van der Waals surface area contributed by atoms with Crippen LogP contribution in [0, 0.1) is 5.41 Å². The smallest absolute Gasteiger partial charge is 0.267 e. The summed E-state index contributed by atoms with van der Waals surface area (Å²) < 4.78 is 8.04. The number of fused-ring (bicyclic) bond motifs is 2. The lowest BCUT2D eigenvalue weighted by atomic mass is 10.2. The first kappa shape index (κ1) is 17.6. The Morgan fingerprint density at radius 1 is 1.46 bits per heavy atom. The number of amides is 1. The molecule has 0 aliphatic rings. The molecule has 0 unspecified atom stereocenters. The van der Waals surface area contributed by atoms with Crippen molar-refractivity contribution in [1.82, 2.24) is 19.3 Å². The zero-order valence-corrected chi connectivity index (χ0v) is 14.4. The standard InChI is InChI=1S/C18H19N5O3/c1-3-7-20-17(24)12-11-13-16(23(15(12)19)9-10-26-2)21-14-6-4-5-8-22(14)18(13)25/h3-6,8,11,19H,1,7,9-10H2,2H3,(H,20,24). The third-order valence-electron chi connectivity index (χ3n) is 3.99. The molecule has 0 saturated carbocycles. The summed E-state index contributed by atoms with van der Waals surface area (Å²) in [7, 11) is 1.55. The number of hydrogen-bond acceptors (Lipinski definition) is 5. The Kier molecular flexibility index (Phi) is 4.94. The number of methoxy groups -OCH3 is 1. The Morgan fingerprint density at radius 3 is 3.00 bits per heavy atom. The van der Waals surface area contributed by atoms with Crippen LogP contribution >= 0.6 is 0 Å². The van der Waals surface area contributed by atoms with E-state index in [1.807, 2.05) is 0 Å². The third kappa shape index (κ3) is 3.02. The molecule has 3 aromatic rings. The lowest BCUT2D eigenvalue weighted by Gasteiger charge is -2.14. The summed E-state index contributed by atoms with van der Waals surface area (Å²) >= 11 is 0. The molecule has 0 radical (unpaired) electrons. The summed E-state index contributed by atoms with van der Waals surface area (Å²) in [5.41, 5.74) is 0.603. The van der Waals surface area contributed by atoms with Gasteiger partial charge in [-0.3, -0.25) is 19.4 Å². The molecule has 0 bridgehead atoms. The van der Waals surface area contributed by atoms with Crippen molar-refractivity contribution >= 4 is 22.6 Å². The Labute approximate surface area is 148 Å². The van der Waals surface area contributed by atoms with Crippen LogP contribution in [0.15, 0.2) is 47.9 Å². The molecule has 134 valence electrons. The molecule has 0 saturated heterocycles. The molecular formula is C18H19N5O3. The van der Waals surface area contributed by atoms with Crippen LogP contribution in [0.1, 0.15) is 10.4 Å². The first-order valence-corrected chi connectivity index (χ1v) is 8.06. The number of hydrogen-bond donors (Lipinski definition) is 2. The Balaban J connectivity index is 2.35. The van der Waals surface area contributed by atoms with Crippen LogP contribution in [0.25, 0.3) is 16.7 Å². The second kappa shape index (κ2) is 7.32. The van der Waals surface area contributed by atoms with E-state index in [2.05, 4.69) is 16.9 Å². The molecule has 0 aliphatic carbocycles. The Morgan fingerprint density at radius 2 is 2.27 bits per heavy atom. The largest absolute Gasteiger partial charge is 0.383 e. The SMILES string of the molecule is C=CCNC(=O)c1cc2c(=O)n3ccccc3nc2n(CCOC)c1=N. The minimum absolute atomic E-state index is 0.0247. The number of ether oxygens (including phenoxy) is 1. The van der Waals surface area contributed by atoms with Crippen LogP contribution < -0.4 is 16.4 Å². The van der Waals surface area contributed by atoms with E-state index in [-0.39, 0.29) is 28.5 Å². The van der Waals surface area contributed by atoms with Gasteiger partial charge in [0.2, 0.25) is 0 Å². The van der Waals surface area contributed by atoms with E-state index >= 15 is 0 Å². The zero-order chi connectivity index (χ0) is 18.7. The number of carbonyl (C=O) groups is 1. The number of nitrogens with one attached hydrogen (secondary N) is 2. The molecule has 3 aromatic heterocycles. The van der Waals surface area contributed by atoms with Crippen LogP contribution in [0.5, 0.6) is 0 Å². The quantitative estimate of drug-likeness (QED) is 0.503. The van der Waals surface area contributed by atoms with E-state index in [4.69, 9.17) is 10.1 Å². The summed E-state index contributed by atoms with van der Waals surface area (Å²) in [6.45, 7) is 4.44. The normalized spacial score (nSPS) is 11.0. The molecule has 0 fully saturated rings. The van der Waals surface area contributed by atoms with Gasteiger partial charge in [-0.1, -0.05) is 12.1 Å². The molecule has 1 amide bonds. The monoisotopic (exact) mass is 353 g/mol. The van der Waals surface area contributed by atoms with Crippen molar-refractivity contribution in [2.24, 2.45) is 0 Å². The van der Waals surface area contributed by atoms with Crippen LogP contribution in [0.2, 0.25) is 0 Å². The fourth-order valence-corrected chi connectivity index (χ4v) is 2.72. The number of nitrogens with zero attached hydrogens (tertiary/aromatic N) is 3. The van der Waals surface area contributed by atoms with Gasteiger partial charge in [0.05, 0.1) is 17.6 Å². The first-order chi connectivity index (χ1) is 12.6.